The van der Waals surface area contributed by atoms with Crippen molar-refractivity contribution in [3.05, 3.63) is 24.2 Å². The average molecular weight is 603 g/mol. The number of esters is 2. The Kier molecular flexibility index (Phi) is 6.86. The minimum absolute atomic E-state index is 0.00630. The number of carbonyl (C=O) groups excluding carboxylic acids is 4. The highest BCUT2D eigenvalue weighted by Crippen LogP contribution is 2.75. The average Bonchev–Trinajstić information content (AvgIpc) is 3.54. The summed E-state index contributed by atoms with van der Waals surface area (Å²) < 4.78 is 23.0. The second-order valence-electron chi connectivity index (χ2n) is 14.6. The highest BCUT2D eigenvalue weighted by atomic mass is 16.7. The molecule has 5 aliphatic rings. The number of fused-ring (bicyclic) bond motifs is 3. The molecule has 43 heavy (non-hydrogen) atoms. The number of hydrogen-bond acceptors (Lipinski definition) is 11. The first-order valence-corrected chi connectivity index (χ1v) is 15.2. The van der Waals surface area contributed by atoms with Crippen LogP contribution in [0.5, 0.6) is 0 Å². The Labute approximate surface area is 250 Å². The van der Waals surface area contributed by atoms with Crippen molar-refractivity contribution in [2.24, 2.45) is 45.3 Å². The predicted octanol–water partition coefficient (Wildman–Crippen LogP) is 2.15. The van der Waals surface area contributed by atoms with Gasteiger partial charge < -0.3 is 33.9 Å². The van der Waals surface area contributed by atoms with Crippen molar-refractivity contribution >= 4 is 23.5 Å². The molecule has 236 valence electrons. The molecule has 0 spiro atoms. The maximum atomic E-state index is 14.6. The van der Waals surface area contributed by atoms with Crippen LogP contribution in [-0.2, 0) is 33.4 Å². The summed E-state index contributed by atoms with van der Waals surface area (Å²) in [6.45, 7) is 9.53. The van der Waals surface area contributed by atoms with Crippen molar-refractivity contribution in [1.29, 1.82) is 0 Å². The van der Waals surface area contributed by atoms with Crippen LogP contribution < -0.4 is 0 Å². The van der Waals surface area contributed by atoms with E-state index in [1.54, 1.807) is 40.0 Å². The van der Waals surface area contributed by atoms with Crippen LogP contribution in [0, 0.1) is 45.3 Å². The third-order valence-electron chi connectivity index (χ3n) is 12.1. The first-order valence-electron chi connectivity index (χ1n) is 15.2. The van der Waals surface area contributed by atoms with E-state index in [2.05, 4.69) is 0 Å². The molecule has 1 aromatic rings. The van der Waals surface area contributed by atoms with Crippen LogP contribution in [0.2, 0.25) is 0 Å². The quantitative estimate of drug-likeness (QED) is 0.432. The number of hydrogen-bond donors (Lipinski definition) is 3. The molecule has 2 bridgehead atoms. The summed E-state index contributed by atoms with van der Waals surface area (Å²) >= 11 is 0. The summed E-state index contributed by atoms with van der Waals surface area (Å²) in [7, 11) is 0. The van der Waals surface area contributed by atoms with Crippen LogP contribution in [0.15, 0.2) is 23.0 Å². The zero-order chi connectivity index (χ0) is 31.4. The van der Waals surface area contributed by atoms with Gasteiger partial charge in [0.05, 0.1) is 42.7 Å². The third-order valence-corrected chi connectivity index (χ3v) is 12.1. The number of ether oxygens (including phenoxy) is 3. The van der Waals surface area contributed by atoms with E-state index < -0.39 is 88.0 Å². The van der Waals surface area contributed by atoms with E-state index in [0.717, 1.165) is 5.56 Å². The Hall–Kier alpha value is -2.60. The molecule has 0 radical (unpaired) electrons. The normalized spacial score (nSPS) is 48.7. The molecule has 13 atom stereocenters. The molecule has 1 saturated heterocycles. The second-order valence-corrected chi connectivity index (χ2v) is 14.6. The van der Waals surface area contributed by atoms with Crippen LogP contribution in [-0.4, -0.2) is 76.1 Å². The monoisotopic (exact) mass is 602 g/mol. The summed E-state index contributed by atoms with van der Waals surface area (Å²) in [5.74, 6) is -5.03. The van der Waals surface area contributed by atoms with Crippen LogP contribution in [0.4, 0.5) is 0 Å². The van der Waals surface area contributed by atoms with E-state index in [4.69, 9.17) is 18.6 Å². The van der Waals surface area contributed by atoms with Crippen molar-refractivity contribution in [2.75, 3.05) is 6.61 Å². The van der Waals surface area contributed by atoms with Gasteiger partial charge in [-0.15, -0.1) is 0 Å². The van der Waals surface area contributed by atoms with E-state index in [0.29, 0.717) is 0 Å². The number of ketones is 2. The summed E-state index contributed by atoms with van der Waals surface area (Å²) in [4.78, 5) is 53.6. The second kappa shape index (κ2) is 9.70. The first kappa shape index (κ1) is 30.4. The molecule has 0 amide bonds. The van der Waals surface area contributed by atoms with E-state index in [9.17, 15) is 34.5 Å². The van der Waals surface area contributed by atoms with Gasteiger partial charge in [-0.05, 0) is 36.3 Å². The zero-order valence-electron chi connectivity index (χ0n) is 25.4. The highest BCUT2D eigenvalue weighted by Gasteiger charge is 2.81. The Bertz CT molecular complexity index is 1340. The molecule has 5 fully saturated rings. The fourth-order valence-electron chi connectivity index (χ4n) is 10.5. The first-order chi connectivity index (χ1) is 20.1. The van der Waals surface area contributed by atoms with Gasteiger partial charge in [0.1, 0.15) is 23.8 Å². The number of rotatable bonds is 4. The number of aliphatic hydroxyl groups is 3. The molecule has 2 heterocycles. The molecule has 4 aliphatic carbocycles. The van der Waals surface area contributed by atoms with Crippen molar-refractivity contribution in [3.63, 3.8) is 0 Å². The Balaban J connectivity index is 1.51. The molecule has 0 aromatic carbocycles. The topological polar surface area (TPSA) is 170 Å². The number of aliphatic hydroxyl groups excluding tert-OH is 3. The fraction of sp³-hybridized carbons (Fsp3) is 0.750. The Morgan fingerprint density at radius 1 is 1.02 bits per heavy atom. The SMILES string of the molecule is CC(=O)O[C@H]1[C@H](O)[C@@H](O)[C@@]23COC(OC(=O)C(C)C)[C@]1(C)C2C[C@@H](O)[C@]1(C)C3C(=O)C[C@]2(C)C1C(=O)C[C@H]2c1ccoc1. The zero-order valence-corrected chi connectivity index (χ0v) is 25.4. The molecule has 6 rings (SSSR count). The molecule has 1 aliphatic heterocycles. The molecule has 1 aromatic heterocycles. The lowest BCUT2D eigenvalue weighted by Gasteiger charge is -2.73. The lowest BCUT2D eigenvalue weighted by molar-refractivity contribution is -0.387. The van der Waals surface area contributed by atoms with Gasteiger partial charge in [0.2, 0.25) is 6.29 Å². The number of furan rings is 1. The summed E-state index contributed by atoms with van der Waals surface area (Å²) in [5.41, 5.74) is -4.23. The summed E-state index contributed by atoms with van der Waals surface area (Å²) in [6, 6.07) is 1.80. The van der Waals surface area contributed by atoms with Crippen LogP contribution in [0.1, 0.15) is 72.3 Å². The fourth-order valence-corrected chi connectivity index (χ4v) is 10.5. The maximum absolute atomic E-state index is 14.6. The van der Waals surface area contributed by atoms with Gasteiger partial charge >= 0.3 is 11.9 Å². The van der Waals surface area contributed by atoms with E-state index in [-0.39, 0.29) is 43.4 Å². The molecule has 11 heteroatoms. The van der Waals surface area contributed by atoms with Crippen LogP contribution >= 0.6 is 0 Å². The highest BCUT2D eigenvalue weighted by molar-refractivity contribution is 5.94. The largest absolute Gasteiger partial charge is 0.472 e. The van der Waals surface area contributed by atoms with Gasteiger partial charge in [-0.25, -0.2) is 0 Å². The van der Waals surface area contributed by atoms with Gasteiger partial charge in [-0.3, -0.25) is 19.2 Å². The smallest absolute Gasteiger partial charge is 0.310 e. The van der Waals surface area contributed by atoms with Crippen molar-refractivity contribution in [3.8, 4) is 0 Å². The third kappa shape index (κ3) is 3.74. The molecular weight excluding hydrogens is 560 g/mol. The van der Waals surface area contributed by atoms with E-state index in [1.807, 2.05) is 6.92 Å². The van der Waals surface area contributed by atoms with Gasteiger partial charge in [-0.2, -0.15) is 0 Å². The molecule has 3 N–H and O–H groups in total. The van der Waals surface area contributed by atoms with Gasteiger partial charge in [0.25, 0.3) is 0 Å². The molecular formula is C32H42O11. The number of carbonyl (C=O) groups is 4. The van der Waals surface area contributed by atoms with Gasteiger partial charge in [0.15, 0.2) is 0 Å². The van der Waals surface area contributed by atoms with Crippen LogP contribution in [0.25, 0.3) is 0 Å². The molecule has 11 nitrogen and oxygen atoms in total. The van der Waals surface area contributed by atoms with Gasteiger partial charge in [-0.1, -0.05) is 27.7 Å². The van der Waals surface area contributed by atoms with Crippen molar-refractivity contribution < 1.29 is 53.1 Å². The van der Waals surface area contributed by atoms with E-state index >= 15 is 0 Å². The van der Waals surface area contributed by atoms with Gasteiger partial charge in [0, 0.05) is 48.3 Å². The summed E-state index contributed by atoms with van der Waals surface area (Å²) in [5, 5.41) is 35.8. The van der Waals surface area contributed by atoms with E-state index in [1.165, 1.54) is 13.2 Å². The standard InChI is InChI=1S/C32H42O11/c1-14(2)27(39)43-28-30(5)20-10-21(36)31(6)23-18(34)9-17(16-7-8-40-12-16)29(23,4)11-19(35)24(31)32(20,13-41-28)25(38)22(37)26(30)42-15(3)33/h7-8,12,14,17,20-26,28,36-38H,9-11,13H2,1-6H3/t17-,20?,21+,22+,23?,24?,25+,26-,28?,29-,30+,31-,32-/m0/s1. The summed E-state index contributed by atoms with van der Waals surface area (Å²) in [6.07, 6.45) is -3.81. The Morgan fingerprint density at radius 2 is 1.72 bits per heavy atom. The Morgan fingerprint density at radius 3 is 2.33 bits per heavy atom. The minimum atomic E-state index is -1.66. The van der Waals surface area contributed by atoms with Crippen LogP contribution in [0.3, 0.4) is 0 Å². The molecule has 4 saturated carbocycles. The van der Waals surface area contributed by atoms with Crippen molar-refractivity contribution in [2.45, 2.75) is 97.4 Å². The van der Waals surface area contributed by atoms with Crippen molar-refractivity contribution in [1.82, 2.24) is 0 Å². The lowest BCUT2D eigenvalue weighted by atomic mass is 9.33. The maximum Gasteiger partial charge on any atom is 0.310 e. The predicted molar refractivity (Wildman–Crippen MR) is 147 cm³/mol. The minimum Gasteiger partial charge on any atom is -0.472 e. The number of Topliss-reactive ketones (excluding diaryl/α,β-unsaturated/α-hetero) is 2. The molecule has 4 unspecified atom stereocenters. The lowest BCUT2D eigenvalue weighted by Crippen LogP contribution is -2.82.